The van der Waals surface area contributed by atoms with Gasteiger partial charge in [-0.2, -0.15) is 5.10 Å². The number of amides is 1. The maximum Gasteiger partial charge on any atom is 0.407 e. The molecule has 0 bridgehead atoms. The molecular formula is C8H11N3O2. The predicted molar refractivity (Wildman–Crippen MR) is 45.1 cm³/mol. The van der Waals surface area contributed by atoms with Crippen LogP contribution in [0.5, 0.6) is 0 Å². The Hall–Kier alpha value is -1.52. The van der Waals surface area contributed by atoms with Gasteiger partial charge in [0.1, 0.15) is 0 Å². The molecule has 1 saturated heterocycles. The molecule has 1 fully saturated rings. The van der Waals surface area contributed by atoms with Gasteiger partial charge in [-0.15, -0.1) is 0 Å². The van der Waals surface area contributed by atoms with Crippen LogP contribution in [-0.4, -0.2) is 29.0 Å². The lowest BCUT2D eigenvalue weighted by Gasteiger charge is -2.22. The summed E-state index contributed by atoms with van der Waals surface area (Å²) in [6.07, 6.45) is 3.32. The highest BCUT2D eigenvalue weighted by molar-refractivity contribution is 5.67. The summed E-state index contributed by atoms with van der Waals surface area (Å²) in [5, 5.41) is 6.72. The number of alkyl carbamates (subject to hydrolysis) is 1. The molecule has 1 aromatic heterocycles. The van der Waals surface area contributed by atoms with Crippen molar-refractivity contribution >= 4 is 6.09 Å². The summed E-state index contributed by atoms with van der Waals surface area (Å²) in [5.74, 6) is 0.317. The fraction of sp³-hybridized carbons (Fsp3) is 0.500. The van der Waals surface area contributed by atoms with E-state index in [2.05, 4.69) is 10.4 Å². The summed E-state index contributed by atoms with van der Waals surface area (Å²) in [4.78, 5) is 10.7. The molecule has 2 heterocycles. The van der Waals surface area contributed by atoms with Crippen molar-refractivity contribution in [2.75, 3.05) is 13.2 Å². The summed E-state index contributed by atoms with van der Waals surface area (Å²) >= 11 is 0. The second-order valence-corrected chi connectivity index (χ2v) is 3.07. The monoisotopic (exact) mass is 181 g/mol. The number of hydrogen-bond donors (Lipinski definition) is 1. The van der Waals surface area contributed by atoms with Crippen LogP contribution in [0.15, 0.2) is 18.5 Å². The lowest BCUT2D eigenvalue weighted by molar-refractivity contribution is 0.0961. The highest BCUT2D eigenvalue weighted by Crippen LogP contribution is 2.04. The number of ether oxygens (including phenoxy) is 1. The number of carbonyl (C=O) groups is 1. The molecule has 1 atom stereocenters. The van der Waals surface area contributed by atoms with E-state index in [-0.39, 0.29) is 6.09 Å². The first kappa shape index (κ1) is 8.10. The summed E-state index contributed by atoms with van der Waals surface area (Å²) in [7, 11) is 0. The van der Waals surface area contributed by atoms with Crippen LogP contribution in [0.1, 0.15) is 0 Å². The fourth-order valence-corrected chi connectivity index (χ4v) is 1.32. The van der Waals surface area contributed by atoms with Gasteiger partial charge in [-0.05, 0) is 6.07 Å². The van der Waals surface area contributed by atoms with Gasteiger partial charge in [0.25, 0.3) is 0 Å². The van der Waals surface area contributed by atoms with E-state index < -0.39 is 0 Å². The normalized spacial score (nSPS) is 22.2. The van der Waals surface area contributed by atoms with Gasteiger partial charge in [0.05, 0.1) is 6.61 Å². The molecule has 70 valence electrons. The zero-order valence-corrected chi connectivity index (χ0v) is 7.14. The summed E-state index contributed by atoms with van der Waals surface area (Å²) in [5.41, 5.74) is 0. The Kier molecular flexibility index (Phi) is 2.16. The van der Waals surface area contributed by atoms with E-state index in [0.29, 0.717) is 19.1 Å². The Bertz CT molecular complexity index is 274. The molecule has 1 aliphatic heterocycles. The Morgan fingerprint density at radius 2 is 2.69 bits per heavy atom. The van der Waals surface area contributed by atoms with Crippen molar-refractivity contribution < 1.29 is 9.53 Å². The average Bonchev–Trinajstić information content (AvgIpc) is 2.62. The van der Waals surface area contributed by atoms with Crippen molar-refractivity contribution in [3.63, 3.8) is 0 Å². The SMILES string of the molecule is O=C1NCC(Cn2cccn2)CO1. The third-order valence-corrected chi connectivity index (χ3v) is 1.99. The summed E-state index contributed by atoms with van der Waals surface area (Å²) in [6, 6.07) is 1.88. The molecule has 0 saturated carbocycles. The van der Waals surface area contributed by atoms with Crippen molar-refractivity contribution in [2.24, 2.45) is 5.92 Å². The maximum absolute atomic E-state index is 10.7. The molecule has 5 heteroatoms. The zero-order valence-electron chi connectivity index (χ0n) is 7.14. The van der Waals surface area contributed by atoms with E-state index in [1.165, 1.54) is 0 Å². The predicted octanol–water partition coefficient (Wildman–Crippen LogP) is 0.239. The van der Waals surface area contributed by atoms with Crippen LogP contribution in [0.3, 0.4) is 0 Å². The first-order valence-corrected chi connectivity index (χ1v) is 4.22. The van der Waals surface area contributed by atoms with E-state index in [9.17, 15) is 4.79 Å². The molecule has 2 rings (SSSR count). The molecule has 0 aliphatic carbocycles. The first-order valence-electron chi connectivity index (χ1n) is 4.22. The third kappa shape index (κ3) is 1.99. The smallest absolute Gasteiger partial charge is 0.407 e. The van der Waals surface area contributed by atoms with Crippen LogP contribution in [0.25, 0.3) is 0 Å². The Balaban J connectivity index is 1.86. The van der Waals surface area contributed by atoms with E-state index >= 15 is 0 Å². The van der Waals surface area contributed by atoms with Gasteiger partial charge in [0.15, 0.2) is 0 Å². The van der Waals surface area contributed by atoms with Crippen molar-refractivity contribution in [3.8, 4) is 0 Å². The minimum atomic E-state index is -0.322. The Morgan fingerprint density at radius 3 is 3.31 bits per heavy atom. The number of nitrogens with zero attached hydrogens (tertiary/aromatic N) is 2. The van der Waals surface area contributed by atoms with Gasteiger partial charge in [0, 0.05) is 31.4 Å². The maximum atomic E-state index is 10.7. The van der Waals surface area contributed by atoms with Crippen LogP contribution >= 0.6 is 0 Å². The standard InChI is InChI=1S/C8H11N3O2/c12-8-9-4-7(6-13-8)5-11-3-1-2-10-11/h1-3,7H,4-6H2,(H,9,12). The molecule has 0 spiro atoms. The number of cyclic esters (lactones) is 1. The number of hydrogen-bond acceptors (Lipinski definition) is 3. The molecule has 13 heavy (non-hydrogen) atoms. The van der Waals surface area contributed by atoms with Crippen molar-refractivity contribution in [1.29, 1.82) is 0 Å². The highest BCUT2D eigenvalue weighted by atomic mass is 16.6. The lowest BCUT2D eigenvalue weighted by Crippen LogP contribution is -2.40. The van der Waals surface area contributed by atoms with E-state index in [0.717, 1.165) is 6.54 Å². The fourth-order valence-electron chi connectivity index (χ4n) is 1.32. The van der Waals surface area contributed by atoms with Gasteiger partial charge < -0.3 is 10.1 Å². The molecule has 1 amide bonds. The molecule has 1 unspecified atom stereocenters. The molecule has 0 aromatic carbocycles. The molecule has 1 aliphatic rings. The summed E-state index contributed by atoms with van der Waals surface area (Å²) in [6.45, 7) is 1.93. The zero-order chi connectivity index (χ0) is 9.10. The van der Waals surface area contributed by atoms with E-state index in [4.69, 9.17) is 4.74 Å². The molecule has 1 aromatic rings. The molecule has 5 nitrogen and oxygen atoms in total. The van der Waals surface area contributed by atoms with Crippen molar-refractivity contribution in [2.45, 2.75) is 6.54 Å². The minimum absolute atomic E-state index is 0.317. The Morgan fingerprint density at radius 1 is 1.77 bits per heavy atom. The topological polar surface area (TPSA) is 56.2 Å². The second kappa shape index (κ2) is 3.47. The van der Waals surface area contributed by atoms with E-state index in [1.54, 1.807) is 6.20 Å². The van der Waals surface area contributed by atoms with Crippen molar-refractivity contribution in [1.82, 2.24) is 15.1 Å². The van der Waals surface area contributed by atoms with E-state index in [1.807, 2.05) is 16.9 Å². The molecular weight excluding hydrogens is 170 g/mol. The second-order valence-electron chi connectivity index (χ2n) is 3.07. The summed E-state index contributed by atoms with van der Waals surface area (Å²) < 4.78 is 6.69. The minimum Gasteiger partial charge on any atom is -0.449 e. The Labute approximate surface area is 75.7 Å². The largest absolute Gasteiger partial charge is 0.449 e. The van der Waals surface area contributed by atoms with Gasteiger partial charge in [0.2, 0.25) is 0 Å². The van der Waals surface area contributed by atoms with Crippen LogP contribution in [0, 0.1) is 5.92 Å². The molecule has 0 radical (unpaired) electrons. The highest BCUT2D eigenvalue weighted by Gasteiger charge is 2.18. The lowest BCUT2D eigenvalue weighted by atomic mass is 10.1. The first-order chi connectivity index (χ1) is 6.34. The third-order valence-electron chi connectivity index (χ3n) is 1.99. The average molecular weight is 181 g/mol. The van der Waals surface area contributed by atoms with Crippen LogP contribution in [0.4, 0.5) is 4.79 Å². The number of nitrogens with one attached hydrogen (secondary N) is 1. The van der Waals surface area contributed by atoms with Crippen LogP contribution in [-0.2, 0) is 11.3 Å². The molecule has 1 N–H and O–H groups in total. The van der Waals surface area contributed by atoms with Gasteiger partial charge in [-0.25, -0.2) is 4.79 Å². The van der Waals surface area contributed by atoms with Crippen LogP contribution in [0.2, 0.25) is 0 Å². The van der Waals surface area contributed by atoms with Gasteiger partial charge >= 0.3 is 6.09 Å². The van der Waals surface area contributed by atoms with Crippen LogP contribution < -0.4 is 5.32 Å². The number of carbonyl (C=O) groups excluding carboxylic acids is 1. The quantitative estimate of drug-likeness (QED) is 0.711. The van der Waals surface area contributed by atoms with Gasteiger partial charge in [-0.1, -0.05) is 0 Å². The van der Waals surface area contributed by atoms with Crippen molar-refractivity contribution in [3.05, 3.63) is 18.5 Å². The number of aromatic nitrogens is 2. The number of rotatable bonds is 2. The van der Waals surface area contributed by atoms with Gasteiger partial charge in [-0.3, -0.25) is 4.68 Å².